The topological polar surface area (TPSA) is 41.5 Å². The van der Waals surface area contributed by atoms with E-state index in [0.29, 0.717) is 5.75 Å². The molecule has 0 saturated heterocycles. The van der Waals surface area contributed by atoms with Gasteiger partial charge in [0.1, 0.15) is 0 Å². The van der Waals surface area contributed by atoms with E-state index in [1.165, 1.54) is 5.56 Å². The van der Waals surface area contributed by atoms with Crippen molar-refractivity contribution in [2.45, 2.75) is 19.6 Å². The Morgan fingerprint density at radius 2 is 2.12 bits per heavy atom. The molecule has 1 rings (SSSR count). The minimum atomic E-state index is -0.0664. The maximum atomic E-state index is 11.4. The standard InChI is InChI=1S/C12H15BrN2OS/c1-9(2)14-15-12(16)8-17-7-10-5-3-4-6-11(10)13/h3-6H,7-8H2,1-2H3,(H,15,16). The monoisotopic (exact) mass is 314 g/mol. The van der Waals surface area contributed by atoms with Crippen LogP contribution in [0.5, 0.6) is 0 Å². The molecule has 3 nitrogen and oxygen atoms in total. The lowest BCUT2D eigenvalue weighted by Crippen LogP contribution is -2.20. The number of rotatable bonds is 5. The summed E-state index contributed by atoms with van der Waals surface area (Å²) in [5.41, 5.74) is 4.54. The van der Waals surface area contributed by atoms with Crippen LogP contribution in [-0.4, -0.2) is 17.4 Å². The molecule has 0 spiro atoms. The van der Waals surface area contributed by atoms with Gasteiger partial charge in [0.25, 0.3) is 0 Å². The third kappa shape index (κ3) is 5.89. The predicted octanol–water partition coefficient (Wildman–Crippen LogP) is 3.19. The molecule has 17 heavy (non-hydrogen) atoms. The van der Waals surface area contributed by atoms with Crippen LogP contribution in [0.2, 0.25) is 0 Å². The Morgan fingerprint density at radius 1 is 1.41 bits per heavy atom. The molecule has 0 bridgehead atoms. The SMILES string of the molecule is CC(C)=NNC(=O)CSCc1ccccc1Br. The largest absolute Gasteiger partial charge is 0.272 e. The lowest BCUT2D eigenvalue weighted by Gasteiger charge is -2.03. The van der Waals surface area contributed by atoms with E-state index < -0.39 is 0 Å². The number of amides is 1. The Hall–Kier alpha value is -0.810. The average Bonchev–Trinajstić information content (AvgIpc) is 2.29. The molecular weight excluding hydrogens is 300 g/mol. The highest BCUT2D eigenvalue weighted by atomic mass is 79.9. The molecular formula is C12H15BrN2OS. The molecule has 0 aliphatic heterocycles. The molecule has 0 aliphatic rings. The molecule has 1 aromatic carbocycles. The van der Waals surface area contributed by atoms with E-state index in [9.17, 15) is 4.79 Å². The molecule has 0 heterocycles. The van der Waals surface area contributed by atoms with Crippen LogP contribution in [-0.2, 0) is 10.5 Å². The zero-order chi connectivity index (χ0) is 12.7. The first-order valence-corrected chi connectivity index (χ1v) is 7.15. The molecule has 0 saturated carbocycles. The fourth-order valence-corrected chi connectivity index (χ4v) is 2.51. The number of hydrazone groups is 1. The van der Waals surface area contributed by atoms with E-state index in [1.807, 2.05) is 38.1 Å². The average molecular weight is 315 g/mol. The van der Waals surface area contributed by atoms with Gasteiger partial charge in [-0.3, -0.25) is 4.79 Å². The minimum absolute atomic E-state index is 0.0664. The van der Waals surface area contributed by atoms with Gasteiger partial charge in [-0.1, -0.05) is 34.1 Å². The molecule has 0 radical (unpaired) electrons. The van der Waals surface area contributed by atoms with E-state index in [2.05, 4.69) is 26.5 Å². The van der Waals surface area contributed by atoms with E-state index >= 15 is 0 Å². The highest BCUT2D eigenvalue weighted by Crippen LogP contribution is 2.20. The number of carbonyl (C=O) groups excluding carboxylic acids is 1. The summed E-state index contributed by atoms with van der Waals surface area (Å²) in [4.78, 5) is 11.4. The molecule has 0 atom stereocenters. The summed E-state index contributed by atoms with van der Waals surface area (Å²) < 4.78 is 1.08. The number of halogens is 1. The number of nitrogens with zero attached hydrogens (tertiary/aromatic N) is 1. The molecule has 1 N–H and O–H groups in total. The van der Waals surface area contributed by atoms with Gasteiger partial charge in [0.05, 0.1) is 5.75 Å². The van der Waals surface area contributed by atoms with Gasteiger partial charge in [-0.25, -0.2) is 5.43 Å². The zero-order valence-electron chi connectivity index (χ0n) is 9.87. The normalized spacial score (nSPS) is 9.82. The summed E-state index contributed by atoms with van der Waals surface area (Å²) in [5.74, 6) is 1.16. The molecule has 5 heteroatoms. The van der Waals surface area contributed by atoms with E-state index in [0.717, 1.165) is 15.9 Å². The van der Waals surface area contributed by atoms with Crippen LogP contribution in [0.3, 0.4) is 0 Å². The molecule has 0 aromatic heterocycles. The Kier molecular flexibility index (Phi) is 6.29. The van der Waals surface area contributed by atoms with Crippen molar-refractivity contribution in [3.63, 3.8) is 0 Å². The first kappa shape index (κ1) is 14.3. The van der Waals surface area contributed by atoms with Crippen molar-refractivity contribution in [3.05, 3.63) is 34.3 Å². The second kappa shape index (κ2) is 7.50. The lowest BCUT2D eigenvalue weighted by molar-refractivity contribution is -0.118. The van der Waals surface area contributed by atoms with Gasteiger partial charge in [-0.05, 0) is 25.5 Å². The van der Waals surface area contributed by atoms with Crippen LogP contribution in [0.1, 0.15) is 19.4 Å². The van der Waals surface area contributed by atoms with E-state index in [1.54, 1.807) is 11.8 Å². The Bertz CT molecular complexity index is 417. The van der Waals surface area contributed by atoms with Crippen molar-refractivity contribution in [2.75, 3.05) is 5.75 Å². The lowest BCUT2D eigenvalue weighted by atomic mass is 10.2. The third-order valence-electron chi connectivity index (χ3n) is 1.85. The van der Waals surface area contributed by atoms with Crippen LogP contribution < -0.4 is 5.43 Å². The maximum Gasteiger partial charge on any atom is 0.250 e. The second-order valence-corrected chi connectivity index (χ2v) is 5.52. The number of nitrogens with one attached hydrogen (secondary N) is 1. The third-order valence-corrected chi connectivity index (χ3v) is 3.61. The molecule has 1 amide bonds. The highest BCUT2D eigenvalue weighted by molar-refractivity contribution is 9.10. The fraction of sp³-hybridized carbons (Fsp3) is 0.333. The van der Waals surface area contributed by atoms with E-state index in [4.69, 9.17) is 0 Å². The summed E-state index contributed by atoms with van der Waals surface area (Å²) in [6.45, 7) is 3.68. The summed E-state index contributed by atoms with van der Waals surface area (Å²) in [6.07, 6.45) is 0. The number of carbonyl (C=O) groups is 1. The summed E-state index contributed by atoms with van der Waals surface area (Å²) in [5, 5.41) is 3.86. The number of benzene rings is 1. The Morgan fingerprint density at radius 3 is 2.76 bits per heavy atom. The maximum absolute atomic E-state index is 11.4. The van der Waals surface area contributed by atoms with Gasteiger partial charge in [-0.15, -0.1) is 11.8 Å². The molecule has 0 aliphatic carbocycles. The molecule has 0 fully saturated rings. The fourth-order valence-electron chi connectivity index (χ4n) is 1.08. The zero-order valence-corrected chi connectivity index (χ0v) is 12.3. The number of thioether (sulfide) groups is 1. The van der Waals surface area contributed by atoms with E-state index in [-0.39, 0.29) is 5.91 Å². The van der Waals surface area contributed by atoms with Crippen molar-refractivity contribution in [2.24, 2.45) is 5.10 Å². The van der Waals surface area contributed by atoms with Gasteiger partial charge < -0.3 is 0 Å². The summed E-state index contributed by atoms with van der Waals surface area (Å²) in [6, 6.07) is 8.01. The van der Waals surface area contributed by atoms with Crippen LogP contribution in [0.4, 0.5) is 0 Å². The molecule has 1 aromatic rings. The number of hydrogen-bond donors (Lipinski definition) is 1. The van der Waals surface area contributed by atoms with Crippen molar-refractivity contribution in [1.29, 1.82) is 0 Å². The van der Waals surface area contributed by atoms with Crippen molar-refractivity contribution < 1.29 is 4.79 Å². The summed E-state index contributed by atoms with van der Waals surface area (Å²) >= 11 is 5.05. The van der Waals surface area contributed by atoms with Gasteiger partial charge >= 0.3 is 0 Å². The van der Waals surface area contributed by atoms with Gasteiger partial charge in [-0.2, -0.15) is 5.10 Å². The van der Waals surface area contributed by atoms with Crippen LogP contribution in [0.15, 0.2) is 33.8 Å². The highest BCUT2D eigenvalue weighted by Gasteiger charge is 2.02. The summed E-state index contributed by atoms with van der Waals surface area (Å²) in [7, 11) is 0. The molecule has 0 unspecified atom stereocenters. The van der Waals surface area contributed by atoms with Gasteiger partial charge in [0, 0.05) is 15.9 Å². The van der Waals surface area contributed by atoms with Gasteiger partial charge in [0.2, 0.25) is 5.91 Å². The predicted molar refractivity (Wildman–Crippen MR) is 77.2 cm³/mol. The van der Waals surface area contributed by atoms with Crippen molar-refractivity contribution in [1.82, 2.24) is 5.43 Å². The quantitative estimate of drug-likeness (QED) is 0.670. The Balaban J connectivity index is 2.31. The first-order valence-electron chi connectivity index (χ1n) is 5.20. The van der Waals surface area contributed by atoms with Crippen LogP contribution >= 0.6 is 27.7 Å². The van der Waals surface area contributed by atoms with Crippen molar-refractivity contribution in [3.8, 4) is 0 Å². The van der Waals surface area contributed by atoms with Crippen LogP contribution in [0.25, 0.3) is 0 Å². The Labute approximate surface area is 114 Å². The number of hydrogen-bond acceptors (Lipinski definition) is 3. The molecule has 92 valence electrons. The van der Waals surface area contributed by atoms with Crippen molar-refractivity contribution >= 4 is 39.3 Å². The smallest absolute Gasteiger partial charge is 0.250 e. The minimum Gasteiger partial charge on any atom is -0.272 e. The second-order valence-electron chi connectivity index (χ2n) is 3.68. The van der Waals surface area contributed by atoms with Gasteiger partial charge in [0.15, 0.2) is 0 Å². The first-order chi connectivity index (χ1) is 8.09. The van der Waals surface area contributed by atoms with Crippen LogP contribution in [0, 0.1) is 0 Å².